The first kappa shape index (κ1) is 20.3. The fourth-order valence-electron chi connectivity index (χ4n) is 3.84. The first-order valence-electron chi connectivity index (χ1n) is 9.17. The molecule has 0 unspecified atom stereocenters. The summed E-state index contributed by atoms with van der Waals surface area (Å²) in [5, 5.41) is 8.10. The lowest BCUT2D eigenvalue weighted by Gasteiger charge is -2.10. The molecule has 162 valence electrons. The number of aromatic amines is 1. The van der Waals surface area contributed by atoms with Crippen molar-refractivity contribution in [2.45, 2.75) is 30.7 Å². The predicted molar refractivity (Wildman–Crippen MR) is 112 cm³/mol. The van der Waals surface area contributed by atoms with Gasteiger partial charge in [0, 0.05) is 17.3 Å². The Labute approximate surface area is 184 Å². The molecule has 0 spiro atoms. The molecular formula is C18H14Cl2F2N6O2S. The lowest BCUT2D eigenvalue weighted by atomic mass is 10.2. The normalized spacial score (nSPS) is 14.0. The van der Waals surface area contributed by atoms with Gasteiger partial charge in [0.15, 0.2) is 5.15 Å². The molecule has 1 aliphatic carbocycles. The van der Waals surface area contributed by atoms with Gasteiger partial charge in [-0.1, -0.05) is 23.2 Å². The summed E-state index contributed by atoms with van der Waals surface area (Å²) < 4.78 is 55.9. The Kier molecular flexibility index (Phi) is 4.72. The second-order valence-electron chi connectivity index (χ2n) is 7.03. The van der Waals surface area contributed by atoms with E-state index in [0.717, 1.165) is 36.7 Å². The van der Waals surface area contributed by atoms with Crippen molar-refractivity contribution in [3.63, 3.8) is 0 Å². The minimum atomic E-state index is -4.18. The van der Waals surface area contributed by atoms with Gasteiger partial charge in [-0.3, -0.25) is 4.72 Å². The lowest BCUT2D eigenvalue weighted by Crippen LogP contribution is -2.12. The van der Waals surface area contributed by atoms with Gasteiger partial charge >= 0.3 is 6.55 Å². The van der Waals surface area contributed by atoms with E-state index >= 15 is 0 Å². The number of aryl methyl sites for hydroxylation is 1. The maximum Gasteiger partial charge on any atom is 0.334 e. The molecular weight excluding hydrogens is 473 g/mol. The number of sulfonamides is 1. The average molecular weight is 487 g/mol. The zero-order valence-corrected chi connectivity index (χ0v) is 17.9. The lowest BCUT2D eigenvalue weighted by molar-refractivity contribution is 0.0570. The Bertz CT molecular complexity index is 1430. The number of aromatic nitrogens is 5. The van der Waals surface area contributed by atoms with Crippen LogP contribution >= 0.6 is 23.2 Å². The third-order valence-electron chi connectivity index (χ3n) is 5.22. The summed E-state index contributed by atoms with van der Waals surface area (Å²) in [6.45, 7) is -3.00. The molecule has 8 nitrogen and oxygen atoms in total. The number of halogens is 4. The first-order chi connectivity index (χ1) is 14.8. The number of H-pyrrole nitrogens is 1. The summed E-state index contributed by atoms with van der Waals surface area (Å²) in [6, 6.07) is 3.16. The number of fused-ring (bicyclic) bond motifs is 2. The Hall–Kier alpha value is -2.63. The van der Waals surface area contributed by atoms with Gasteiger partial charge in [0.1, 0.15) is 16.3 Å². The topological polar surface area (TPSA) is 97.6 Å². The average Bonchev–Trinajstić information content (AvgIpc) is 3.46. The van der Waals surface area contributed by atoms with E-state index in [1.165, 1.54) is 6.20 Å². The molecule has 5 rings (SSSR count). The molecule has 0 saturated carbocycles. The van der Waals surface area contributed by atoms with Gasteiger partial charge in [-0.25, -0.2) is 13.1 Å². The Morgan fingerprint density at radius 1 is 1.16 bits per heavy atom. The van der Waals surface area contributed by atoms with E-state index in [2.05, 4.69) is 19.9 Å². The third-order valence-corrected chi connectivity index (χ3v) is 7.31. The highest BCUT2D eigenvalue weighted by atomic mass is 35.5. The number of hydrogen-bond donors (Lipinski definition) is 2. The monoisotopic (exact) mass is 486 g/mol. The smallest absolute Gasteiger partial charge is 0.334 e. The number of alkyl halides is 2. The summed E-state index contributed by atoms with van der Waals surface area (Å²) >= 11 is 12.3. The van der Waals surface area contributed by atoms with Gasteiger partial charge in [-0.05, 0) is 37.0 Å². The summed E-state index contributed by atoms with van der Waals surface area (Å²) in [5.41, 5.74) is 2.96. The standard InChI is InChI=1S/C18H14Cl2F2N6O2S/c19-11-5-4-10-14(31(29,30)26-12-7-25-28(17(12)20)18(21)22)8-23-15(10)16(11)27-13-3-1-2-9(13)6-24-27/h4-8,18,23,26H,1-3H2. The number of nitrogens with zero attached hydrogens (tertiary/aromatic N) is 4. The zero-order chi connectivity index (χ0) is 21.9. The number of rotatable bonds is 5. The molecule has 3 aromatic heterocycles. The second kappa shape index (κ2) is 7.21. The van der Waals surface area contributed by atoms with Crippen LogP contribution in [0.2, 0.25) is 10.2 Å². The van der Waals surface area contributed by atoms with Crippen molar-refractivity contribution < 1.29 is 17.2 Å². The Morgan fingerprint density at radius 3 is 2.71 bits per heavy atom. The van der Waals surface area contributed by atoms with Crippen LogP contribution in [0.1, 0.15) is 24.2 Å². The molecule has 0 fully saturated rings. The van der Waals surface area contributed by atoms with Gasteiger partial charge in [0.2, 0.25) is 0 Å². The minimum absolute atomic E-state index is 0.0925. The van der Waals surface area contributed by atoms with Crippen molar-refractivity contribution in [3.05, 3.63) is 52.2 Å². The molecule has 31 heavy (non-hydrogen) atoms. The van der Waals surface area contributed by atoms with Gasteiger partial charge < -0.3 is 4.98 Å². The van der Waals surface area contributed by atoms with Crippen LogP contribution < -0.4 is 4.72 Å². The van der Waals surface area contributed by atoms with E-state index in [1.54, 1.807) is 23.0 Å². The third kappa shape index (κ3) is 3.19. The van der Waals surface area contributed by atoms with Crippen LogP contribution in [0.15, 0.2) is 35.6 Å². The van der Waals surface area contributed by atoms with Gasteiger partial charge in [0.25, 0.3) is 10.0 Å². The molecule has 13 heteroatoms. The molecule has 1 aromatic carbocycles. The highest BCUT2D eigenvalue weighted by Crippen LogP contribution is 2.36. The van der Waals surface area contributed by atoms with Crippen LogP contribution in [0.4, 0.5) is 14.5 Å². The SMILES string of the molecule is O=S(=O)(Nc1cnn(C(F)F)c1Cl)c1c[nH]c2c(-n3ncc4c3CCC4)c(Cl)ccc12. The number of benzene rings is 1. The van der Waals surface area contributed by atoms with Crippen LogP contribution in [-0.4, -0.2) is 33.0 Å². The zero-order valence-electron chi connectivity index (χ0n) is 15.6. The first-order valence-corrected chi connectivity index (χ1v) is 11.4. The van der Waals surface area contributed by atoms with E-state index in [1.807, 2.05) is 0 Å². The van der Waals surface area contributed by atoms with E-state index in [9.17, 15) is 17.2 Å². The van der Waals surface area contributed by atoms with Crippen LogP contribution in [0, 0.1) is 0 Å². The summed E-state index contributed by atoms with van der Waals surface area (Å²) in [6.07, 6.45) is 6.83. The molecule has 0 atom stereocenters. The maximum atomic E-state index is 13.0. The summed E-state index contributed by atoms with van der Waals surface area (Å²) in [4.78, 5) is 2.88. The van der Waals surface area contributed by atoms with Crippen LogP contribution in [0.5, 0.6) is 0 Å². The molecule has 4 aromatic rings. The van der Waals surface area contributed by atoms with Crippen molar-refractivity contribution in [2.24, 2.45) is 0 Å². The van der Waals surface area contributed by atoms with E-state index in [4.69, 9.17) is 23.2 Å². The molecule has 0 bridgehead atoms. The number of nitrogens with one attached hydrogen (secondary N) is 2. The van der Waals surface area contributed by atoms with Gasteiger partial charge in [-0.15, -0.1) is 0 Å². The van der Waals surface area contributed by atoms with Gasteiger partial charge in [0.05, 0.1) is 22.9 Å². The van der Waals surface area contributed by atoms with Crippen LogP contribution in [-0.2, 0) is 22.9 Å². The van der Waals surface area contributed by atoms with E-state index < -0.39 is 21.7 Å². The maximum absolute atomic E-state index is 13.0. The van der Waals surface area contributed by atoms with Gasteiger partial charge in [-0.2, -0.15) is 23.7 Å². The molecule has 3 heterocycles. The summed E-state index contributed by atoms with van der Waals surface area (Å²) in [5.74, 6) is 0. The van der Waals surface area contributed by atoms with E-state index in [-0.39, 0.29) is 15.3 Å². The molecule has 0 amide bonds. The molecule has 0 aliphatic heterocycles. The highest BCUT2D eigenvalue weighted by Gasteiger charge is 2.26. The Morgan fingerprint density at radius 2 is 1.97 bits per heavy atom. The molecule has 0 radical (unpaired) electrons. The minimum Gasteiger partial charge on any atom is -0.358 e. The fraction of sp³-hybridized carbons (Fsp3) is 0.222. The number of anilines is 1. The van der Waals surface area contributed by atoms with Crippen LogP contribution in [0.3, 0.4) is 0 Å². The van der Waals surface area contributed by atoms with Crippen molar-refractivity contribution >= 4 is 49.8 Å². The Balaban J connectivity index is 1.60. The molecule has 2 N–H and O–H groups in total. The second-order valence-corrected chi connectivity index (χ2v) is 9.45. The highest BCUT2D eigenvalue weighted by molar-refractivity contribution is 7.93. The van der Waals surface area contributed by atoms with E-state index in [0.29, 0.717) is 21.6 Å². The fourth-order valence-corrected chi connectivity index (χ4v) is 5.57. The summed E-state index contributed by atoms with van der Waals surface area (Å²) in [7, 11) is -4.18. The quantitative estimate of drug-likeness (QED) is 0.432. The number of hydrogen-bond acceptors (Lipinski definition) is 4. The van der Waals surface area contributed by atoms with Crippen molar-refractivity contribution in [1.82, 2.24) is 24.5 Å². The predicted octanol–water partition coefficient (Wildman–Crippen LogP) is 4.54. The van der Waals surface area contributed by atoms with Crippen LogP contribution in [0.25, 0.3) is 16.6 Å². The molecule has 0 saturated heterocycles. The molecule has 1 aliphatic rings. The van der Waals surface area contributed by atoms with Crippen molar-refractivity contribution in [1.29, 1.82) is 0 Å². The van der Waals surface area contributed by atoms with Crippen molar-refractivity contribution in [3.8, 4) is 5.69 Å². The van der Waals surface area contributed by atoms with Crippen molar-refractivity contribution in [2.75, 3.05) is 4.72 Å². The largest absolute Gasteiger partial charge is 0.358 e.